The summed E-state index contributed by atoms with van der Waals surface area (Å²) in [5.74, 6) is 1.61. The molecule has 0 saturated carbocycles. The summed E-state index contributed by atoms with van der Waals surface area (Å²) in [4.78, 5) is 11.3. The molecule has 144 valence electrons. The molecule has 4 heteroatoms. The van der Waals surface area contributed by atoms with Gasteiger partial charge in [-0.15, -0.1) is 11.3 Å². The lowest BCUT2D eigenvalue weighted by molar-refractivity contribution is 0.626. The first-order chi connectivity index (χ1) is 13.0. The summed E-state index contributed by atoms with van der Waals surface area (Å²) in [6.07, 6.45) is 4.17. The van der Waals surface area contributed by atoms with Crippen molar-refractivity contribution < 1.29 is 0 Å². The van der Waals surface area contributed by atoms with Gasteiger partial charge in [0.1, 0.15) is 0 Å². The van der Waals surface area contributed by atoms with Gasteiger partial charge in [0.2, 0.25) is 0 Å². The minimum absolute atomic E-state index is 0.727. The molecule has 1 N–H and O–H groups in total. The van der Waals surface area contributed by atoms with E-state index in [1.54, 1.807) is 17.7 Å². The van der Waals surface area contributed by atoms with Gasteiger partial charge in [0, 0.05) is 0 Å². The van der Waals surface area contributed by atoms with E-state index in [-0.39, 0.29) is 0 Å². The van der Waals surface area contributed by atoms with E-state index in [4.69, 9.17) is 0 Å². The van der Waals surface area contributed by atoms with Crippen molar-refractivity contribution in [3.8, 4) is 0 Å². The smallest absolute Gasteiger partial charge is 0.0931 e. The Morgan fingerprint density at radius 3 is 2.33 bits per heavy atom. The van der Waals surface area contributed by atoms with Crippen LogP contribution in [-0.4, -0.2) is 15.0 Å². The number of rotatable bonds is 3. The zero-order valence-electron chi connectivity index (χ0n) is 17.1. The molecule has 3 nitrogen and oxygen atoms in total. The number of hydrogen-bond donors (Lipinski definition) is 1. The number of para-hydroxylation sites is 2. The topological polar surface area (TPSA) is 41.6 Å². The zero-order chi connectivity index (χ0) is 19.6. The van der Waals surface area contributed by atoms with Crippen molar-refractivity contribution in [2.24, 2.45) is 11.8 Å². The van der Waals surface area contributed by atoms with Gasteiger partial charge in [0.25, 0.3) is 0 Å². The van der Waals surface area contributed by atoms with Crippen molar-refractivity contribution in [2.45, 2.75) is 47.5 Å². The summed E-state index contributed by atoms with van der Waals surface area (Å²) in [5.41, 5.74) is 6.57. The zero-order valence-corrected chi connectivity index (χ0v) is 17.9. The number of nitrogens with zero attached hydrogens (tertiary/aromatic N) is 2. The molecule has 0 aliphatic rings. The van der Waals surface area contributed by atoms with Gasteiger partial charge < -0.3 is 4.98 Å². The normalized spacial score (nSPS) is 10.6. The number of imidazole rings is 1. The van der Waals surface area contributed by atoms with Crippen molar-refractivity contribution in [1.29, 1.82) is 0 Å². The highest BCUT2D eigenvalue weighted by atomic mass is 32.1. The SMILES string of the molecule is CC(C)Cc1ccc2ncsc2c1.CCC(C)C.c1ccc2[nH]cnc2c1. The van der Waals surface area contributed by atoms with Gasteiger partial charge >= 0.3 is 0 Å². The second-order valence-electron chi connectivity index (χ2n) is 7.47. The van der Waals surface area contributed by atoms with Gasteiger partial charge in [0.05, 0.1) is 33.1 Å². The van der Waals surface area contributed by atoms with Crippen LogP contribution in [0.15, 0.2) is 54.3 Å². The molecule has 0 atom stereocenters. The lowest BCUT2D eigenvalue weighted by Gasteiger charge is -2.03. The number of aromatic amines is 1. The molecule has 0 bridgehead atoms. The number of nitrogens with one attached hydrogen (secondary N) is 1. The van der Waals surface area contributed by atoms with Crippen molar-refractivity contribution in [3.63, 3.8) is 0 Å². The Bertz CT molecular complexity index is 891. The molecule has 0 unspecified atom stereocenters. The molecule has 0 radical (unpaired) electrons. The number of aromatic nitrogens is 3. The van der Waals surface area contributed by atoms with Crippen LogP contribution in [0.5, 0.6) is 0 Å². The largest absolute Gasteiger partial charge is 0.345 e. The summed E-state index contributed by atoms with van der Waals surface area (Å²) in [6.45, 7) is 11.1. The molecule has 27 heavy (non-hydrogen) atoms. The minimum atomic E-state index is 0.727. The first-order valence-corrected chi connectivity index (χ1v) is 10.6. The van der Waals surface area contributed by atoms with Crippen LogP contribution in [0.3, 0.4) is 0 Å². The van der Waals surface area contributed by atoms with Crippen molar-refractivity contribution >= 4 is 32.6 Å². The summed E-state index contributed by atoms with van der Waals surface area (Å²) in [5, 5.41) is 0. The van der Waals surface area contributed by atoms with E-state index in [9.17, 15) is 0 Å². The van der Waals surface area contributed by atoms with E-state index < -0.39 is 0 Å². The highest BCUT2D eigenvalue weighted by Crippen LogP contribution is 2.20. The molecule has 0 aliphatic heterocycles. The Hall–Kier alpha value is -2.20. The number of thiazole rings is 1. The summed E-state index contributed by atoms with van der Waals surface area (Å²) in [7, 11) is 0. The Morgan fingerprint density at radius 1 is 0.926 bits per heavy atom. The van der Waals surface area contributed by atoms with Crippen LogP contribution >= 0.6 is 11.3 Å². The lowest BCUT2D eigenvalue weighted by atomic mass is 10.0. The van der Waals surface area contributed by atoms with E-state index in [0.717, 1.165) is 34.8 Å². The Balaban J connectivity index is 0.000000162. The van der Waals surface area contributed by atoms with Gasteiger partial charge in [-0.25, -0.2) is 9.97 Å². The molecule has 2 aromatic heterocycles. The molecule has 0 fully saturated rings. The van der Waals surface area contributed by atoms with Crippen LogP contribution in [0.25, 0.3) is 21.3 Å². The molecule has 0 saturated heterocycles. The summed E-state index contributed by atoms with van der Waals surface area (Å²) >= 11 is 1.72. The third kappa shape index (κ3) is 7.14. The fourth-order valence-corrected chi connectivity index (χ4v) is 3.12. The average Bonchev–Trinajstić information content (AvgIpc) is 3.30. The average molecular weight is 382 g/mol. The Kier molecular flexibility index (Phi) is 8.46. The van der Waals surface area contributed by atoms with Gasteiger partial charge in [-0.05, 0) is 48.1 Å². The van der Waals surface area contributed by atoms with E-state index in [2.05, 4.69) is 67.8 Å². The van der Waals surface area contributed by atoms with Crippen molar-refractivity contribution in [3.05, 3.63) is 59.9 Å². The molecule has 0 aliphatic carbocycles. The maximum absolute atomic E-state index is 4.26. The fraction of sp³-hybridized carbons (Fsp3) is 0.391. The fourth-order valence-electron chi connectivity index (χ4n) is 2.38. The minimum Gasteiger partial charge on any atom is -0.345 e. The van der Waals surface area contributed by atoms with Crippen molar-refractivity contribution in [2.75, 3.05) is 0 Å². The predicted molar refractivity (Wildman–Crippen MR) is 119 cm³/mol. The highest BCUT2D eigenvalue weighted by molar-refractivity contribution is 7.16. The van der Waals surface area contributed by atoms with E-state index >= 15 is 0 Å². The Labute approximate surface area is 166 Å². The molecular weight excluding hydrogens is 350 g/mol. The monoisotopic (exact) mass is 381 g/mol. The van der Waals surface area contributed by atoms with Crippen LogP contribution in [0, 0.1) is 11.8 Å². The van der Waals surface area contributed by atoms with Gasteiger partial charge in [0.15, 0.2) is 0 Å². The standard InChI is InChI=1S/C11H13NS.C7H6N2.C5H12/c1-8(2)5-9-3-4-10-11(6-9)13-7-12-10;1-2-4-7-6(3-1)8-5-9-7;1-4-5(2)3/h3-4,6-8H,5H2,1-2H3;1-5H,(H,8,9);5H,4H2,1-3H3. The van der Waals surface area contributed by atoms with E-state index in [1.165, 1.54) is 16.7 Å². The first-order valence-electron chi connectivity index (χ1n) is 9.69. The lowest BCUT2D eigenvalue weighted by Crippen LogP contribution is -1.92. The summed E-state index contributed by atoms with van der Waals surface area (Å²) in [6, 6.07) is 14.5. The van der Waals surface area contributed by atoms with Crippen LogP contribution in [0.4, 0.5) is 0 Å². The maximum Gasteiger partial charge on any atom is 0.0931 e. The molecule has 2 heterocycles. The van der Waals surface area contributed by atoms with E-state index in [0.29, 0.717) is 0 Å². The van der Waals surface area contributed by atoms with Crippen LogP contribution in [-0.2, 0) is 6.42 Å². The first kappa shape index (κ1) is 21.1. The number of H-pyrrole nitrogens is 1. The molecule has 4 rings (SSSR count). The van der Waals surface area contributed by atoms with Gasteiger partial charge in [-0.2, -0.15) is 0 Å². The molecule has 0 amide bonds. The van der Waals surface area contributed by atoms with Crippen molar-refractivity contribution in [1.82, 2.24) is 15.0 Å². The highest BCUT2D eigenvalue weighted by Gasteiger charge is 2.00. The number of hydrogen-bond acceptors (Lipinski definition) is 3. The maximum atomic E-state index is 4.26. The predicted octanol–water partition coefficient (Wildman–Crippen LogP) is 7.11. The Morgan fingerprint density at radius 2 is 1.67 bits per heavy atom. The molecule has 2 aromatic carbocycles. The number of benzene rings is 2. The third-order valence-corrected chi connectivity index (χ3v) is 4.98. The second-order valence-corrected chi connectivity index (χ2v) is 8.36. The second kappa shape index (κ2) is 10.8. The van der Waals surface area contributed by atoms with Crippen LogP contribution < -0.4 is 0 Å². The van der Waals surface area contributed by atoms with Crippen LogP contribution in [0.1, 0.15) is 46.6 Å². The van der Waals surface area contributed by atoms with Gasteiger partial charge in [-0.1, -0.05) is 59.2 Å². The summed E-state index contributed by atoms with van der Waals surface area (Å²) < 4.78 is 1.30. The quantitative estimate of drug-likeness (QED) is 0.411. The number of fused-ring (bicyclic) bond motifs is 2. The molecule has 0 spiro atoms. The third-order valence-electron chi connectivity index (χ3n) is 4.18. The molecule has 4 aromatic rings. The molecular formula is C23H31N3S. The van der Waals surface area contributed by atoms with Crippen LogP contribution in [0.2, 0.25) is 0 Å². The van der Waals surface area contributed by atoms with E-state index in [1.807, 2.05) is 29.8 Å². The van der Waals surface area contributed by atoms with Gasteiger partial charge in [-0.3, -0.25) is 0 Å².